The van der Waals surface area contributed by atoms with Crippen molar-refractivity contribution in [1.82, 2.24) is 20.1 Å². The molecule has 0 aliphatic rings. The Kier molecular flexibility index (Phi) is 4.68. The van der Waals surface area contributed by atoms with E-state index in [-0.39, 0.29) is 6.04 Å². The van der Waals surface area contributed by atoms with Gasteiger partial charge < -0.3 is 5.32 Å². The average molecular weight is 258 g/mol. The Hall–Kier alpha value is -1.68. The van der Waals surface area contributed by atoms with Gasteiger partial charge in [-0.25, -0.2) is 0 Å². The van der Waals surface area contributed by atoms with Crippen molar-refractivity contribution in [3.05, 3.63) is 47.5 Å². The molecule has 2 aromatic rings. The maximum atomic E-state index is 4.65. The van der Waals surface area contributed by atoms with E-state index in [0.29, 0.717) is 0 Å². The third-order valence-corrected chi connectivity index (χ3v) is 3.09. The van der Waals surface area contributed by atoms with Crippen LogP contribution >= 0.6 is 0 Å². The normalized spacial score (nSPS) is 12.6. The van der Waals surface area contributed by atoms with Crippen LogP contribution in [0.4, 0.5) is 0 Å². The van der Waals surface area contributed by atoms with Gasteiger partial charge in [0.2, 0.25) is 0 Å². The predicted molar refractivity (Wildman–Crippen MR) is 77.0 cm³/mol. The summed E-state index contributed by atoms with van der Waals surface area (Å²) in [6.45, 7) is 8.14. The first-order valence-electron chi connectivity index (χ1n) is 6.95. The Balaban J connectivity index is 2.36. The molecule has 1 N–H and O–H groups in total. The van der Waals surface area contributed by atoms with Crippen LogP contribution in [-0.2, 0) is 6.54 Å². The molecular formula is C15H22N4. The molecule has 4 heteroatoms. The van der Waals surface area contributed by atoms with E-state index < -0.39 is 0 Å². The van der Waals surface area contributed by atoms with Gasteiger partial charge in [-0.1, -0.05) is 19.9 Å². The third kappa shape index (κ3) is 3.20. The highest BCUT2D eigenvalue weighted by Crippen LogP contribution is 2.20. The number of nitrogens with one attached hydrogen (secondary N) is 1. The van der Waals surface area contributed by atoms with Crippen LogP contribution in [0, 0.1) is 6.92 Å². The van der Waals surface area contributed by atoms with Gasteiger partial charge in [-0.15, -0.1) is 0 Å². The van der Waals surface area contributed by atoms with Crippen LogP contribution in [0.1, 0.15) is 43.4 Å². The second-order valence-corrected chi connectivity index (χ2v) is 4.67. The monoisotopic (exact) mass is 258 g/mol. The van der Waals surface area contributed by atoms with Crippen LogP contribution in [0.25, 0.3) is 0 Å². The van der Waals surface area contributed by atoms with Crippen molar-refractivity contribution in [3.63, 3.8) is 0 Å². The molecule has 0 bridgehead atoms. The van der Waals surface area contributed by atoms with Crippen molar-refractivity contribution < 1.29 is 0 Å². The summed E-state index contributed by atoms with van der Waals surface area (Å²) in [4.78, 5) is 4.65. The quantitative estimate of drug-likeness (QED) is 0.866. The number of aryl methyl sites for hydroxylation is 2. The Morgan fingerprint density at radius 1 is 1.26 bits per heavy atom. The van der Waals surface area contributed by atoms with Crippen LogP contribution in [0.15, 0.2) is 30.5 Å². The number of hydrogen-bond donors (Lipinski definition) is 1. The SMILES string of the molecule is CCCn1nccc1C(NCC)c1cccc(C)n1. The summed E-state index contributed by atoms with van der Waals surface area (Å²) in [5.74, 6) is 0. The molecule has 1 atom stereocenters. The summed E-state index contributed by atoms with van der Waals surface area (Å²) in [5.41, 5.74) is 3.28. The molecule has 0 amide bonds. The molecule has 19 heavy (non-hydrogen) atoms. The Morgan fingerprint density at radius 3 is 2.79 bits per heavy atom. The Morgan fingerprint density at radius 2 is 2.11 bits per heavy atom. The first kappa shape index (κ1) is 13.7. The fourth-order valence-corrected chi connectivity index (χ4v) is 2.28. The fourth-order valence-electron chi connectivity index (χ4n) is 2.28. The van der Waals surface area contributed by atoms with Crippen LogP contribution < -0.4 is 5.32 Å². The molecule has 2 aromatic heterocycles. The molecule has 2 rings (SSSR count). The maximum Gasteiger partial charge on any atom is 0.0921 e. The Bertz CT molecular complexity index is 518. The van der Waals surface area contributed by atoms with E-state index in [1.807, 2.05) is 19.2 Å². The summed E-state index contributed by atoms with van der Waals surface area (Å²) >= 11 is 0. The van der Waals surface area contributed by atoms with Gasteiger partial charge in [-0.3, -0.25) is 9.67 Å². The van der Waals surface area contributed by atoms with Crippen molar-refractivity contribution in [2.24, 2.45) is 0 Å². The van der Waals surface area contributed by atoms with E-state index in [1.54, 1.807) is 0 Å². The van der Waals surface area contributed by atoms with Gasteiger partial charge in [0.1, 0.15) is 0 Å². The number of nitrogens with zero attached hydrogens (tertiary/aromatic N) is 3. The molecule has 0 saturated carbocycles. The van der Waals surface area contributed by atoms with Gasteiger partial charge >= 0.3 is 0 Å². The zero-order valence-corrected chi connectivity index (χ0v) is 11.9. The van der Waals surface area contributed by atoms with E-state index in [1.165, 1.54) is 5.69 Å². The van der Waals surface area contributed by atoms with Crippen molar-refractivity contribution >= 4 is 0 Å². The topological polar surface area (TPSA) is 42.7 Å². The standard InChI is InChI=1S/C15H22N4/c1-4-11-19-14(9-10-17-19)15(16-5-2)13-8-6-7-12(3)18-13/h6-10,15-16H,4-5,11H2,1-3H3. The lowest BCUT2D eigenvalue weighted by Crippen LogP contribution is -2.26. The van der Waals surface area contributed by atoms with Gasteiger partial charge in [0, 0.05) is 18.4 Å². The van der Waals surface area contributed by atoms with Gasteiger partial charge in [-0.2, -0.15) is 5.10 Å². The molecule has 4 nitrogen and oxygen atoms in total. The van der Waals surface area contributed by atoms with Gasteiger partial charge in [-0.05, 0) is 38.1 Å². The van der Waals surface area contributed by atoms with Gasteiger partial charge in [0.05, 0.1) is 17.4 Å². The molecule has 0 radical (unpaired) electrons. The minimum Gasteiger partial charge on any atom is -0.304 e. The summed E-state index contributed by atoms with van der Waals surface area (Å²) in [7, 11) is 0. The van der Waals surface area contributed by atoms with Crippen LogP contribution in [0.2, 0.25) is 0 Å². The Labute approximate surface area is 114 Å². The van der Waals surface area contributed by atoms with Crippen LogP contribution in [0.5, 0.6) is 0 Å². The van der Waals surface area contributed by atoms with E-state index >= 15 is 0 Å². The largest absolute Gasteiger partial charge is 0.304 e. The lowest BCUT2D eigenvalue weighted by molar-refractivity contribution is 0.514. The molecule has 102 valence electrons. The molecule has 0 aliphatic carbocycles. The molecule has 0 aromatic carbocycles. The zero-order chi connectivity index (χ0) is 13.7. The lowest BCUT2D eigenvalue weighted by Gasteiger charge is -2.19. The molecule has 0 fully saturated rings. The first-order chi connectivity index (χ1) is 9.26. The van der Waals surface area contributed by atoms with E-state index in [4.69, 9.17) is 0 Å². The van der Waals surface area contributed by atoms with Crippen LogP contribution in [0.3, 0.4) is 0 Å². The smallest absolute Gasteiger partial charge is 0.0921 e. The summed E-state index contributed by atoms with van der Waals surface area (Å²) < 4.78 is 2.07. The maximum absolute atomic E-state index is 4.65. The fraction of sp³-hybridized carbons (Fsp3) is 0.467. The predicted octanol–water partition coefficient (Wildman–Crippen LogP) is 2.70. The minimum atomic E-state index is 0.110. The highest BCUT2D eigenvalue weighted by atomic mass is 15.3. The second-order valence-electron chi connectivity index (χ2n) is 4.67. The van der Waals surface area contributed by atoms with E-state index in [0.717, 1.165) is 30.9 Å². The molecule has 2 heterocycles. The summed E-state index contributed by atoms with van der Waals surface area (Å²) in [5, 5.41) is 7.91. The summed E-state index contributed by atoms with van der Waals surface area (Å²) in [6, 6.07) is 8.34. The number of pyridine rings is 1. The number of hydrogen-bond acceptors (Lipinski definition) is 3. The molecule has 1 unspecified atom stereocenters. The third-order valence-electron chi connectivity index (χ3n) is 3.09. The average Bonchev–Trinajstić information content (AvgIpc) is 2.84. The second kappa shape index (κ2) is 6.48. The van der Waals surface area contributed by atoms with Crippen molar-refractivity contribution in [1.29, 1.82) is 0 Å². The van der Waals surface area contributed by atoms with Crippen molar-refractivity contribution in [3.8, 4) is 0 Å². The first-order valence-corrected chi connectivity index (χ1v) is 6.95. The highest BCUT2D eigenvalue weighted by molar-refractivity contribution is 5.23. The summed E-state index contributed by atoms with van der Waals surface area (Å²) in [6.07, 6.45) is 2.94. The van der Waals surface area contributed by atoms with Crippen molar-refractivity contribution in [2.75, 3.05) is 6.54 Å². The minimum absolute atomic E-state index is 0.110. The molecule has 0 saturated heterocycles. The van der Waals surface area contributed by atoms with Crippen LogP contribution in [-0.4, -0.2) is 21.3 Å². The molecule has 0 spiro atoms. The van der Waals surface area contributed by atoms with Crippen molar-refractivity contribution in [2.45, 2.75) is 39.8 Å². The van der Waals surface area contributed by atoms with Gasteiger partial charge in [0.15, 0.2) is 0 Å². The van der Waals surface area contributed by atoms with E-state index in [9.17, 15) is 0 Å². The zero-order valence-electron chi connectivity index (χ0n) is 11.9. The lowest BCUT2D eigenvalue weighted by atomic mass is 10.1. The highest BCUT2D eigenvalue weighted by Gasteiger charge is 2.18. The van der Waals surface area contributed by atoms with E-state index in [2.05, 4.69) is 52.1 Å². The molecule has 0 aliphatic heterocycles. The number of rotatable bonds is 6. The number of aromatic nitrogens is 3. The molecular weight excluding hydrogens is 236 g/mol. The van der Waals surface area contributed by atoms with Gasteiger partial charge in [0.25, 0.3) is 0 Å².